The molecule has 6 nitrogen and oxygen atoms in total. The average Bonchev–Trinajstić information content (AvgIpc) is 2.67. The summed E-state index contributed by atoms with van der Waals surface area (Å²) in [5.41, 5.74) is 3.61. The zero-order valence-corrected chi connectivity index (χ0v) is 16.1. The van der Waals surface area contributed by atoms with E-state index in [9.17, 15) is 9.59 Å². The van der Waals surface area contributed by atoms with Gasteiger partial charge in [-0.15, -0.1) is 0 Å². The van der Waals surface area contributed by atoms with Gasteiger partial charge in [-0.25, -0.2) is 0 Å². The van der Waals surface area contributed by atoms with Crippen molar-refractivity contribution >= 4 is 17.6 Å². The number of nitrogens with one attached hydrogen (secondary N) is 1. The highest BCUT2D eigenvalue weighted by atomic mass is 16.5. The minimum Gasteiger partial charge on any atom is -0.497 e. The van der Waals surface area contributed by atoms with Crippen LogP contribution >= 0.6 is 0 Å². The molecule has 144 valence electrons. The molecule has 0 bridgehead atoms. The predicted molar refractivity (Wildman–Crippen MR) is 103 cm³/mol. The van der Waals surface area contributed by atoms with Crippen molar-refractivity contribution in [2.75, 3.05) is 26.1 Å². The Morgan fingerprint density at radius 3 is 2.26 bits per heavy atom. The van der Waals surface area contributed by atoms with Crippen LogP contribution in [-0.4, -0.2) is 32.7 Å². The van der Waals surface area contributed by atoms with Crippen LogP contribution in [0.3, 0.4) is 0 Å². The number of amides is 1. The van der Waals surface area contributed by atoms with Crippen LogP contribution < -0.4 is 14.8 Å². The van der Waals surface area contributed by atoms with Crippen LogP contribution in [-0.2, 0) is 20.7 Å². The van der Waals surface area contributed by atoms with Gasteiger partial charge >= 0.3 is 5.97 Å². The Kier molecular flexibility index (Phi) is 7.23. The standard InChI is InChI=1S/C21H25NO5/c1-14-5-6-15(2)19(9-14)22-20(23)13-27-21(24)8-7-16-10-17(25-3)12-18(11-16)26-4/h5-6,9-12H,7-8,13H2,1-4H3,(H,22,23). The number of aryl methyl sites for hydroxylation is 3. The largest absolute Gasteiger partial charge is 0.497 e. The molecule has 0 aliphatic heterocycles. The molecule has 1 N–H and O–H groups in total. The lowest BCUT2D eigenvalue weighted by Crippen LogP contribution is -2.21. The molecule has 27 heavy (non-hydrogen) atoms. The summed E-state index contributed by atoms with van der Waals surface area (Å²) in [6.45, 7) is 3.54. The lowest BCUT2D eigenvalue weighted by atomic mass is 10.1. The number of hydrogen-bond acceptors (Lipinski definition) is 5. The maximum atomic E-state index is 12.0. The molecule has 2 aromatic carbocycles. The maximum absolute atomic E-state index is 12.0. The highest BCUT2D eigenvalue weighted by Crippen LogP contribution is 2.23. The van der Waals surface area contributed by atoms with Crippen molar-refractivity contribution in [3.05, 3.63) is 53.1 Å². The molecule has 2 aromatic rings. The molecule has 0 unspecified atom stereocenters. The molecule has 0 heterocycles. The molecule has 0 radical (unpaired) electrons. The summed E-state index contributed by atoms with van der Waals surface area (Å²) in [6, 6.07) is 11.2. The second-order valence-electron chi connectivity index (χ2n) is 6.25. The van der Waals surface area contributed by atoms with E-state index in [0.717, 1.165) is 22.4 Å². The summed E-state index contributed by atoms with van der Waals surface area (Å²) in [7, 11) is 3.14. The molecule has 6 heteroatoms. The summed E-state index contributed by atoms with van der Waals surface area (Å²) >= 11 is 0. The molecule has 0 spiro atoms. The third kappa shape index (κ3) is 6.33. The van der Waals surface area contributed by atoms with Gasteiger partial charge in [0.1, 0.15) is 11.5 Å². The van der Waals surface area contributed by atoms with E-state index in [2.05, 4.69) is 5.32 Å². The van der Waals surface area contributed by atoms with E-state index >= 15 is 0 Å². The summed E-state index contributed by atoms with van der Waals surface area (Å²) < 4.78 is 15.5. The topological polar surface area (TPSA) is 73.9 Å². The van der Waals surface area contributed by atoms with Crippen LogP contribution in [0.15, 0.2) is 36.4 Å². The first-order valence-corrected chi connectivity index (χ1v) is 8.66. The number of carbonyl (C=O) groups excluding carboxylic acids is 2. The van der Waals surface area contributed by atoms with Crippen LogP contribution in [0.5, 0.6) is 11.5 Å². The van der Waals surface area contributed by atoms with Crippen LogP contribution in [0.25, 0.3) is 0 Å². The zero-order chi connectivity index (χ0) is 19.8. The van der Waals surface area contributed by atoms with Gasteiger partial charge in [0.2, 0.25) is 0 Å². The first-order valence-electron chi connectivity index (χ1n) is 8.66. The molecule has 2 rings (SSSR count). The summed E-state index contributed by atoms with van der Waals surface area (Å²) in [5, 5.41) is 2.76. The summed E-state index contributed by atoms with van der Waals surface area (Å²) in [4.78, 5) is 23.9. The Bertz CT molecular complexity index is 794. The number of hydrogen-bond donors (Lipinski definition) is 1. The normalized spacial score (nSPS) is 10.2. The first-order chi connectivity index (χ1) is 12.9. The molecule has 0 saturated heterocycles. The number of benzene rings is 2. The molecule has 0 fully saturated rings. The van der Waals surface area contributed by atoms with E-state index in [4.69, 9.17) is 14.2 Å². The fourth-order valence-electron chi connectivity index (χ4n) is 2.53. The number of carbonyl (C=O) groups is 2. The first kappa shape index (κ1) is 20.3. The number of esters is 1. The Labute approximate surface area is 159 Å². The van der Waals surface area contributed by atoms with E-state index in [-0.39, 0.29) is 18.9 Å². The van der Waals surface area contributed by atoms with Crippen LogP contribution in [0.4, 0.5) is 5.69 Å². The highest BCUT2D eigenvalue weighted by Gasteiger charge is 2.10. The SMILES string of the molecule is COc1cc(CCC(=O)OCC(=O)Nc2cc(C)ccc2C)cc(OC)c1. The third-order valence-electron chi connectivity index (χ3n) is 4.06. The van der Waals surface area contributed by atoms with Crippen molar-refractivity contribution in [2.24, 2.45) is 0 Å². The number of anilines is 1. The second kappa shape index (κ2) is 9.62. The Balaban J connectivity index is 1.82. The Morgan fingerprint density at radius 2 is 1.63 bits per heavy atom. The molecule has 0 aliphatic rings. The summed E-state index contributed by atoms with van der Waals surface area (Å²) in [5.74, 6) is 0.518. The zero-order valence-electron chi connectivity index (χ0n) is 16.1. The molecule has 0 aliphatic carbocycles. The van der Waals surface area contributed by atoms with Gasteiger partial charge < -0.3 is 19.5 Å². The molecular weight excluding hydrogens is 346 g/mol. The molecule has 0 aromatic heterocycles. The fourth-order valence-corrected chi connectivity index (χ4v) is 2.53. The molecule has 0 atom stereocenters. The van der Waals surface area contributed by atoms with Crippen LogP contribution in [0.2, 0.25) is 0 Å². The third-order valence-corrected chi connectivity index (χ3v) is 4.06. The van der Waals surface area contributed by atoms with Gasteiger partial charge in [0.05, 0.1) is 14.2 Å². The lowest BCUT2D eigenvalue weighted by Gasteiger charge is -2.10. The van der Waals surface area contributed by atoms with E-state index in [1.165, 1.54) is 0 Å². The van der Waals surface area contributed by atoms with Crippen molar-refractivity contribution in [2.45, 2.75) is 26.7 Å². The predicted octanol–water partition coefficient (Wildman–Crippen LogP) is 3.44. The van der Waals surface area contributed by atoms with Crippen molar-refractivity contribution in [3.63, 3.8) is 0 Å². The van der Waals surface area contributed by atoms with Gasteiger partial charge in [-0.2, -0.15) is 0 Å². The summed E-state index contributed by atoms with van der Waals surface area (Å²) in [6.07, 6.45) is 0.623. The lowest BCUT2D eigenvalue weighted by molar-refractivity contribution is -0.147. The van der Waals surface area contributed by atoms with E-state index in [0.29, 0.717) is 17.9 Å². The van der Waals surface area contributed by atoms with Crippen molar-refractivity contribution < 1.29 is 23.8 Å². The average molecular weight is 371 g/mol. The fraction of sp³-hybridized carbons (Fsp3) is 0.333. The van der Waals surface area contributed by atoms with E-state index < -0.39 is 5.97 Å². The molecule has 1 amide bonds. The minimum atomic E-state index is -0.437. The Hall–Kier alpha value is -3.02. The van der Waals surface area contributed by atoms with E-state index in [1.54, 1.807) is 20.3 Å². The number of ether oxygens (including phenoxy) is 3. The van der Waals surface area contributed by atoms with Crippen LogP contribution in [0, 0.1) is 13.8 Å². The number of rotatable bonds is 8. The van der Waals surface area contributed by atoms with Gasteiger partial charge in [0.25, 0.3) is 5.91 Å². The van der Waals surface area contributed by atoms with Gasteiger partial charge in [-0.05, 0) is 55.2 Å². The second-order valence-corrected chi connectivity index (χ2v) is 6.25. The van der Waals surface area contributed by atoms with E-state index in [1.807, 2.05) is 44.2 Å². The Morgan fingerprint density at radius 1 is 0.963 bits per heavy atom. The maximum Gasteiger partial charge on any atom is 0.306 e. The van der Waals surface area contributed by atoms with Gasteiger partial charge in [0.15, 0.2) is 6.61 Å². The van der Waals surface area contributed by atoms with Crippen molar-refractivity contribution in [1.29, 1.82) is 0 Å². The smallest absolute Gasteiger partial charge is 0.306 e. The number of methoxy groups -OCH3 is 2. The minimum absolute atomic E-state index is 0.160. The van der Waals surface area contributed by atoms with Gasteiger partial charge in [0, 0.05) is 18.2 Å². The van der Waals surface area contributed by atoms with Gasteiger partial charge in [-0.1, -0.05) is 12.1 Å². The van der Waals surface area contributed by atoms with Crippen LogP contribution in [0.1, 0.15) is 23.1 Å². The van der Waals surface area contributed by atoms with Gasteiger partial charge in [-0.3, -0.25) is 9.59 Å². The van der Waals surface area contributed by atoms with Crippen molar-refractivity contribution in [3.8, 4) is 11.5 Å². The quantitative estimate of drug-likeness (QED) is 0.720. The highest BCUT2D eigenvalue weighted by molar-refractivity contribution is 5.93. The monoisotopic (exact) mass is 371 g/mol. The van der Waals surface area contributed by atoms with Crippen molar-refractivity contribution in [1.82, 2.24) is 0 Å². The molecular formula is C21H25NO5. The molecule has 0 saturated carbocycles.